The third-order valence-corrected chi connectivity index (χ3v) is 4.77. The van der Waals surface area contributed by atoms with E-state index in [9.17, 15) is 8.42 Å². The average molecular weight is 274 g/mol. The van der Waals surface area contributed by atoms with E-state index >= 15 is 0 Å². The summed E-state index contributed by atoms with van der Waals surface area (Å²) < 4.78 is 31.0. The number of hydrogen-bond donors (Lipinski definition) is 2. The topological polar surface area (TPSA) is 111 Å². The monoisotopic (exact) mass is 274 g/mol. The third-order valence-electron chi connectivity index (χ3n) is 1.85. The minimum absolute atomic E-state index is 0.148. The highest BCUT2D eigenvalue weighted by molar-refractivity contribution is 7.94. The molecule has 0 unspecified atom stereocenters. The molecule has 7 nitrogen and oxygen atoms in total. The third kappa shape index (κ3) is 2.62. The molecule has 0 aromatic carbocycles. The summed E-state index contributed by atoms with van der Waals surface area (Å²) in [5, 5.41) is 7.08. The van der Waals surface area contributed by atoms with Gasteiger partial charge < -0.3 is 10.2 Å². The van der Waals surface area contributed by atoms with Crippen molar-refractivity contribution >= 4 is 27.4 Å². The molecule has 92 valence electrons. The van der Waals surface area contributed by atoms with E-state index in [4.69, 9.17) is 10.2 Å². The number of sulfonamides is 1. The Bertz CT molecular complexity index is 616. The van der Waals surface area contributed by atoms with Crippen LogP contribution in [0.1, 0.15) is 10.8 Å². The van der Waals surface area contributed by atoms with E-state index in [0.717, 1.165) is 16.2 Å². The van der Waals surface area contributed by atoms with Crippen LogP contribution in [0.3, 0.4) is 0 Å². The summed E-state index contributed by atoms with van der Waals surface area (Å²) in [6.45, 7) is 1.88. The number of anilines is 1. The Morgan fingerprint density at radius 2 is 2.24 bits per heavy atom. The standard InChI is InChI=1S/C8H10N4O3S2/c1-5-10-11-8(15-5)12-17(13,14)7-3-2-6(4-9)16-7/h2-3H,4,9H2,1H3,(H,11,12). The molecule has 2 rings (SSSR count). The SMILES string of the molecule is Cc1nnc(NS(=O)(=O)c2ccc(CN)s2)o1. The van der Waals surface area contributed by atoms with E-state index in [1.807, 2.05) is 0 Å². The van der Waals surface area contributed by atoms with Gasteiger partial charge in [-0.1, -0.05) is 5.10 Å². The van der Waals surface area contributed by atoms with Gasteiger partial charge in [-0.05, 0) is 12.1 Å². The van der Waals surface area contributed by atoms with Crippen LogP contribution >= 0.6 is 11.3 Å². The summed E-state index contributed by atoms with van der Waals surface area (Å²) in [4.78, 5) is 0.784. The van der Waals surface area contributed by atoms with Crippen LogP contribution in [0.15, 0.2) is 20.8 Å². The normalized spacial score (nSPS) is 11.6. The van der Waals surface area contributed by atoms with Gasteiger partial charge in [-0.3, -0.25) is 0 Å². The Hall–Kier alpha value is -1.45. The lowest BCUT2D eigenvalue weighted by Crippen LogP contribution is -2.11. The predicted octanol–water partition coefficient (Wildman–Crippen LogP) is 0.699. The van der Waals surface area contributed by atoms with Crippen LogP contribution in [0, 0.1) is 6.92 Å². The first-order valence-electron chi connectivity index (χ1n) is 4.63. The molecular formula is C8H10N4O3S2. The van der Waals surface area contributed by atoms with Crippen LogP contribution in [0.5, 0.6) is 0 Å². The van der Waals surface area contributed by atoms with E-state index in [0.29, 0.717) is 6.54 Å². The van der Waals surface area contributed by atoms with E-state index < -0.39 is 10.0 Å². The van der Waals surface area contributed by atoms with Crippen molar-refractivity contribution in [2.45, 2.75) is 17.7 Å². The van der Waals surface area contributed by atoms with Crippen molar-refractivity contribution in [1.82, 2.24) is 10.2 Å². The highest BCUT2D eigenvalue weighted by Gasteiger charge is 2.19. The largest absolute Gasteiger partial charge is 0.408 e. The maximum absolute atomic E-state index is 11.9. The second kappa shape index (κ2) is 4.43. The Balaban J connectivity index is 2.24. The molecule has 0 aliphatic carbocycles. The maximum atomic E-state index is 11.9. The predicted molar refractivity (Wildman–Crippen MR) is 62.1 cm³/mol. The highest BCUT2D eigenvalue weighted by Crippen LogP contribution is 2.23. The molecule has 0 bridgehead atoms. The van der Waals surface area contributed by atoms with Gasteiger partial charge in [-0.25, -0.2) is 13.1 Å². The Morgan fingerprint density at radius 1 is 1.47 bits per heavy atom. The number of thiophene rings is 1. The van der Waals surface area contributed by atoms with Crippen LogP contribution in [-0.4, -0.2) is 18.6 Å². The molecule has 2 aromatic heterocycles. The number of aromatic nitrogens is 2. The number of aryl methyl sites for hydroxylation is 1. The minimum Gasteiger partial charge on any atom is -0.408 e. The molecule has 0 amide bonds. The molecular weight excluding hydrogens is 264 g/mol. The van der Waals surface area contributed by atoms with Gasteiger partial charge in [0.1, 0.15) is 4.21 Å². The van der Waals surface area contributed by atoms with Crippen molar-refractivity contribution < 1.29 is 12.8 Å². The lowest BCUT2D eigenvalue weighted by molar-refractivity contribution is 0.534. The number of hydrogen-bond acceptors (Lipinski definition) is 7. The molecule has 2 heterocycles. The zero-order valence-corrected chi connectivity index (χ0v) is 10.5. The van der Waals surface area contributed by atoms with Gasteiger partial charge in [0.2, 0.25) is 5.89 Å². The number of nitrogens with two attached hydrogens (primary N) is 1. The van der Waals surface area contributed by atoms with Crippen molar-refractivity contribution in [2.24, 2.45) is 5.73 Å². The first kappa shape index (κ1) is 12.0. The quantitative estimate of drug-likeness (QED) is 0.848. The van der Waals surface area contributed by atoms with Crippen molar-refractivity contribution in [3.63, 3.8) is 0 Å². The summed E-state index contributed by atoms with van der Waals surface area (Å²) >= 11 is 1.10. The van der Waals surface area contributed by atoms with E-state index in [1.54, 1.807) is 13.0 Å². The van der Waals surface area contributed by atoms with Crippen molar-refractivity contribution in [3.8, 4) is 0 Å². The van der Waals surface area contributed by atoms with Crippen LogP contribution in [0.2, 0.25) is 0 Å². The zero-order valence-electron chi connectivity index (χ0n) is 8.87. The van der Waals surface area contributed by atoms with Gasteiger partial charge in [0.15, 0.2) is 0 Å². The molecule has 9 heteroatoms. The number of rotatable bonds is 4. The second-order valence-corrected chi connectivity index (χ2v) is 6.23. The van der Waals surface area contributed by atoms with E-state index in [1.165, 1.54) is 6.07 Å². The van der Waals surface area contributed by atoms with Crippen molar-refractivity contribution in [3.05, 3.63) is 22.9 Å². The average Bonchev–Trinajstić information content (AvgIpc) is 2.86. The molecule has 0 atom stereocenters. The van der Waals surface area contributed by atoms with Crippen molar-refractivity contribution in [2.75, 3.05) is 4.72 Å². The maximum Gasteiger partial charge on any atom is 0.329 e. The number of nitrogens with one attached hydrogen (secondary N) is 1. The number of nitrogens with zero attached hydrogens (tertiary/aromatic N) is 2. The fourth-order valence-electron chi connectivity index (χ4n) is 1.12. The lowest BCUT2D eigenvalue weighted by atomic mass is 10.5. The van der Waals surface area contributed by atoms with Crippen LogP contribution in [0.25, 0.3) is 0 Å². The van der Waals surface area contributed by atoms with Crippen LogP contribution < -0.4 is 10.5 Å². The summed E-state index contributed by atoms with van der Waals surface area (Å²) in [5.41, 5.74) is 5.42. The molecule has 0 fully saturated rings. The van der Waals surface area contributed by atoms with E-state index in [-0.39, 0.29) is 16.1 Å². The first-order chi connectivity index (χ1) is 8.01. The Morgan fingerprint density at radius 3 is 2.76 bits per heavy atom. The molecule has 0 saturated carbocycles. The smallest absolute Gasteiger partial charge is 0.329 e. The summed E-state index contributed by atoms with van der Waals surface area (Å²) in [6.07, 6.45) is 0. The second-order valence-electron chi connectivity index (χ2n) is 3.16. The Kier molecular flexibility index (Phi) is 3.13. The summed E-state index contributed by atoms with van der Waals surface area (Å²) in [6, 6.07) is 3.00. The summed E-state index contributed by atoms with van der Waals surface area (Å²) in [7, 11) is -3.67. The van der Waals surface area contributed by atoms with E-state index in [2.05, 4.69) is 14.9 Å². The fourth-order valence-corrected chi connectivity index (χ4v) is 3.27. The van der Waals surface area contributed by atoms with Gasteiger partial charge in [0, 0.05) is 18.3 Å². The molecule has 3 N–H and O–H groups in total. The lowest BCUT2D eigenvalue weighted by Gasteiger charge is -1.99. The molecule has 0 aliphatic rings. The van der Waals surface area contributed by atoms with Gasteiger partial charge in [0.25, 0.3) is 10.0 Å². The minimum atomic E-state index is -3.67. The van der Waals surface area contributed by atoms with Crippen LogP contribution in [0.4, 0.5) is 6.01 Å². The van der Waals surface area contributed by atoms with Gasteiger partial charge in [-0.2, -0.15) is 0 Å². The van der Waals surface area contributed by atoms with Crippen molar-refractivity contribution in [1.29, 1.82) is 0 Å². The molecule has 0 saturated heterocycles. The molecule has 17 heavy (non-hydrogen) atoms. The zero-order chi connectivity index (χ0) is 12.5. The molecule has 0 radical (unpaired) electrons. The van der Waals surface area contributed by atoms with Crippen LogP contribution in [-0.2, 0) is 16.6 Å². The van der Waals surface area contributed by atoms with Gasteiger partial charge in [0.05, 0.1) is 0 Å². The van der Waals surface area contributed by atoms with Gasteiger partial charge >= 0.3 is 6.01 Å². The summed E-state index contributed by atoms with van der Waals surface area (Å²) in [5.74, 6) is 0.288. The Labute approximate surface area is 102 Å². The molecule has 0 aliphatic heterocycles. The fraction of sp³-hybridized carbons (Fsp3) is 0.250. The molecule has 0 spiro atoms. The molecule has 2 aromatic rings. The first-order valence-corrected chi connectivity index (χ1v) is 6.93. The highest BCUT2D eigenvalue weighted by atomic mass is 32.2. The van der Waals surface area contributed by atoms with Gasteiger partial charge in [-0.15, -0.1) is 16.4 Å².